The van der Waals surface area contributed by atoms with E-state index >= 15 is 0 Å². The van der Waals surface area contributed by atoms with Crippen LogP contribution in [-0.2, 0) is 0 Å². The van der Waals surface area contributed by atoms with Crippen LogP contribution in [0.2, 0.25) is 0 Å². The van der Waals surface area contributed by atoms with Crippen molar-refractivity contribution >= 4 is 12.3 Å². The molecule has 0 amide bonds. The van der Waals surface area contributed by atoms with Gasteiger partial charge in [-0.3, -0.25) is 5.01 Å². The first-order valence-corrected chi connectivity index (χ1v) is 6.45. The molecule has 0 aliphatic carbocycles. The molecular weight excluding hydrogens is 222 g/mol. The molecule has 2 rings (SSSR count). The molecule has 0 radical (unpaired) electrons. The van der Waals surface area contributed by atoms with Gasteiger partial charge in [-0.15, -0.1) is 0 Å². The summed E-state index contributed by atoms with van der Waals surface area (Å²) in [6.45, 7) is 6.32. The molecule has 0 spiro atoms. The molecule has 1 aliphatic rings. The summed E-state index contributed by atoms with van der Waals surface area (Å²) in [6.07, 6.45) is 4.11. The third-order valence-electron chi connectivity index (χ3n) is 3.10. The lowest BCUT2D eigenvalue weighted by Crippen LogP contribution is -2.41. The van der Waals surface area contributed by atoms with Gasteiger partial charge >= 0.3 is 0 Å². The monoisotopic (exact) mass is 243 g/mol. The van der Waals surface area contributed by atoms with Crippen molar-refractivity contribution in [2.45, 2.75) is 6.92 Å². The van der Waals surface area contributed by atoms with Gasteiger partial charge in [-0.1, -0.05) is 36.4 Å². The first kappa shape index (κ1) is 12.8. The Bertz CT molecular complexity index is 415. The molecule has 96 valence electrons. The molecule has 1 aromatic rings. The lowest BCUT2D eigenvalue weighted by molar-refractivity contribution is 0.159. The zero-order valence-electron chi connectivity index (χ0n) is 11.2. The second-order valence-corrected chi connectivity index (χ2v) is 4.80. The minimum atomic E-state index is 1.02. The lowest BCUT2D eigenvalue weighted by Gasteiger charge is -2.30. The molecule has 1 heterocycles. The largest absolute Gasteiger partial charge is 0.303 e. The number of rotatable bonds is 3. The summed E-state index contributed by atoms with van der Waals surface area (Å²) in [4.78, 5) is 2.33. The first-order valence-electron chi connectivity index (χ1n) is 6.45. The Morgan fingerprint density at radius 1 is 1.11 bits per heavy atom. The van der Waals surface area contributed by atoms with Crippen LogP contribution in [0.3, 0.4) is 0 Å². The number of hydrazone groups is 1. The molecule has 0 unspecified atom stereocenters. The van der Waals surface area contributed by atoms with Crippen molar-refractivity contribution in [1.82, 2.24) is 9.91 Å². The van der Waals surface area contributed by atoms with Crippen LogP contribution < -0.4 is 0 Å². The molecule has 0 N–H and O–H groups in total. The van der Waals surface area contributed by atoms with Crippen LogP contribution in [0.15, 0.2) is 41.0 Å². The van der Waals surface area contributed by atoms with Gasteiger partial charge in [0.05, 0.1) is 0 Å². The summed E-state index contributed by atoms with van der Waals surface area (Å²) in [5.74, 6) is 0. The molecule has 1 aliphatic heterocycles. The van der Waals surface area contributed by atoms with E-state index in [1.807, 2.05) is 12.3 Å². The highest BCUT2D eigenvalue weighted by Gasteiger charge is 2.10. The molecule has 18 heavy (non-hydrogen) atoms. The van der Waals surface area contributed by atoms with Crippen LogP contribution in [-0.4, -0.2) is 49.4 Å². The fourth-order valence-corrected chi connectivity index (χ4v) is 1.93. The fraction of sp³-hybridized carbons (Fsp3) is 0.400. The maximum Gasteiger partial charge on any atom is 0.0499 e. The summed E-state index contributed by atoms with van der Waals surface area (Å²) in [5.41, 5.74) is 2.40. The maximum atomic E-state index is 4.53. The van der Waals surface area contributed by atoms with E-state index in [9.17, 15) is 0 Å². The molecule has 0 atom stereocenters. The van der Waals surface area contributed by atoms with E-state index in [2.05, 4.69) is 59.3 Å². The predicted molar refractivity (Wildman–Crippen MR) is 77.7 cm³/mol. The maximum absolute atomic E-state index is 4.53. The molecule has 1 fully saturated rings. The van der Waals surface area contributed by atoms with Gasteiger partial charge in [0.2, 0.25) is 0 Å². The van der Waals surface area contributed by atoms with E-state index in [4.69, 9.17) is 0 Å². The Kier molecular flexibility index (Phi) is 4.53. The molecule has 0 bridgehead atoms. The van der Waals surface area contributed by atoms with E-state index in [0.29, 0.717) is 0 Å². The summed E-state index contributed by atoms with van der Waals surface area (Å²) in [5, 5.41) is 6.67. The Morgan fingerprint density at radius 2 is 1.78 bits per heavy atom. The minimum Gasteiger partial charge on any atom is -0.303 e. The summed E-state index contributed by atoms with van der Waals surface area (Å²) >= 11 is 0. The van der Waals surface area contributed by atoms with E-state index in [1.54, 1.807) is 0 Å². The average Bonchev–Trinajstić information content (AvgIpc) is 2.39. The molecule has 0 saturated carbocycles. The Balaban J connectivity index is 1.91. The average molecular weight is 243 g/mol. The van der Waals surface area contributed by atoms with Gasteiger partial charge in [-0.05, 0) is 25.1 Å². The molecule has 1 saturated heterocycles. The van der Waals surface area contributed by atoms with E-state index < -0.39 is 0 Å². The second-order valence-electron chi connectivity index (χ2n) is 4.80. The van der Waals surface area contributed by atoms with Crippen molar-refractivity contribution < 1.29 is 0 Å². The number of piperazine rings is 1. The van der Waals surface area contributed by atoms with Gasteiger partial charge in [0.25, 0.3) is 0 Å². The highest BCUT2D eigenvalue weighted by molar-refractivity contribution is 5.84. The van der Waals surface area contributed by atoms with Gasteiger partial charge < -0.3 is 4.90 Å². The second kappa shape index (κ2) is 6.36. The van der Waals surface area contributed by atoms with Crippen molar-refractivity contribution in [1.29, 1.82) is 0 Å². The van der Waals surface area contributed by atoms with Crippen molar-refractivity contribution in [2.24, 2.45) is 5.10 Å². The third-order valence-corrected chi connectivity index (χ3v) is 3.10. The molecule has 1 aromatic carbocycles. The van der Waals surface area contributed by atoms with Crippen LogP contribution in [0, 0.1) is 0 Å². The Labute approximate surface area is 109 Å². The molecule has 3 heteroatoms. The minimum absolute atomic E-state index is 1.02. The zero-order valence-corrected chi connectivity index (χ0v) is 11.2. The van der Waals surface area contributed by atoms with Crippen LogP contribution in [0.1, 0.15) is 12.5 Å². The van der Waals surface area contributed by atoms with Gasteiger partial charge in [0.1, 0.15) is 0 Å². The Morgan fingerprint density at radius 3 is 2.44 bits per heavy atom. The van der Waals surface area contributed by atoms with E-state index in [1.165, 1.54) is 11.1 Å². The molecule has 0 aromatic heterocycles. The lowest BCUT2D eigenvalue weighted by atomic mass is 10.1. The summed E-state index contributed by atoms with van der Waals surface area (Å²) < 4.78 is 0. The molecule has 3 nitrogen and oxygen atoms in total. The fourth-order valence-electron chi connectivity index (χ4n) is 1.93. The first-order chi connectivity index (χ1) is 8.74. The number of likely N-dealkylation sites (N-methyl/N-ethyl adjacent to an activating group) is 1. The van der Waals surface area contributed by atoms with Gasteiger partial charge in [0.15, 0.2) is 0 Å². The number of nitrogens with zero attached hydrogens (tertiary/aromatic N) is 3. The normalized spacial score (nSPS) is 18.6. The van der Waals surface area contributed by atoms with Crippen LogP contribution >= 0.6 is 0 Å². The van der Waals surface area contributed by atoms with Gasteiger partial charge in [0, 0.05) is 32.4 Å². The number of hydrogen-bond donors (Lipinski definition) is 0. The van der Waals surface area contributed by atoms with E-state index in [0.717, 1.165) is 26.2 Å². The topological polar surface area (TPSA) is 18.8 Å². The van der Waals surface area contributed by atoms with Crippen molar-refractivity contribution in [3.63, 3.8) is 0 Å². The van der Waals surface area contributed by atoms with E-state index in [-0.39, 0.29) is 0 Å². The van der Waals surface area contributed by atoms with Crippen molar-refractivity contribution in [2.75, 3.05) is 33.2 Å². The number of benzene rings is 1. The van der Waals surface area contributed by atoms with Crippen LogP contribution in [0.25, 0.3) is 6.08 Å². The quantitative estimate of drug-likeness (QED) is 0.759. The predicted octanol–water partition coefficient (Wildman–Crippen LogP) is 2.32. The zero-order chi connectivity index (χ0) is 12.8. The van der Waals surface area contributed by atoms with Gasteiger partial charge in [-0.25, -0.2) is 0 Å². The van der Waals surface area contributed by atoms with Crippen molar-refractivity contribution in [3.05, 3.63) is 41.5 Å². The standard InChI is InChI=1S/C15H21N3/c1-14(12-15-6-4-3-5-7-15)13-16-18-10-8-17(2)9-11-18/h3-7,12-13H,8-11H2,1-2H3/b14-12+,16-13-. The van der Waals surface area contributed by atoms with Crippen LogP contribution in [0.5, 0.6) is 0 Å². The van der Waals surface area contributed by atoms with Crippen molar-refractivity contribution in [3.8, 4) is 0 Å². The Hall–Kier alpha value is -1.61. The summed E-state index contributed by atoms with van der Waals surface area (Å²) in [7, 11) is 2.15. The SMILES string of the molecule is CC(/C=N\N1CCN(C)CC1)=C\c1ccccc1. The molecular formula is C15H21N3. The number of hydrogen-bond acceptors (Lipinski definition) is 3. The van der Waals surface area contributed by atoms with Crippen LogP contribution in [0.4, 0.5) is 0 Å². The highest BCUT2D eigenvalue weighted by atomic mass is 15.5. The highest BCUT2D eigenvalue weighted by Crippen LogP contribution is 2.05. The number of allylic oxidation sites excluding steroid dienone is 1. The van der Waals surface area contributed by atoms with Gasteiger partial charge in [-0.2, -0.15) is 5.10 Å². The third kappa shape index (κ3) is 4.00. The summed E-state index contributed by atoms with van der Waals surface area (Å²) in [6, 6.07) is 10.3. The smallest absolute Gasteiger partial charge is 0.0499 e.